The van der Waals surface area contributed by atoms with E-state index in [1.807, 2.05) is 0 Å². The second-order valence-corrected chi connectivity index (χ2v) is 9.99. The van der Waals surface area contributed by atoms with Gasteiger partial charge in [-0.25, -0.2) is 0 Å². The highest BCUT2D eigenvalue weighted by Crippen LogP contribution is 2.47. The topological polar surface area (TPSA) is 12.5 Å². The standard InChI is InChI=1S/C11H18OSi/c1-13(2,3)9-8-11-7-5-4-6-10(11)12-11/h10H,4-7H2,1-3H3. The van der Waals surface area contributed by atoms with Gasteiger partial charge >= 0.3 is 0 Å². The van der Waals surface area contributed by atoms with Crippen LogP contribution in [0.2, 0.25) is 19.6 Å². The maximum atomic E-state index is 5.71. The molecule has 1 saturated heterocycles. The molecule has 2 fully saturated rings. The van der Waals surface area contributed by atoms with Gasteiger partial charge in [-0.2, -0.15) is 0 Å². The number of hydrogen-bond donors (Lipinski definition) is 0. The van der Waals surface area contributed by atoms with Gasteiger partial charge in [0.2, 0.25) is 0 Å². The third-order valence-electron chi connectivity index (χ3n) is 2.73. The van der Waals surface area contributed by atoms with Gasteiger partial charge in [0.25, 0.3) is 0 Å². The average molecular weight is 194 g/mol. The molecule has 2 heteroatoms. The Morgan fingerprint density at radius 3 is 2.69 bits per heavy atom. The molecule has 1 saturated carbocycles. The van der Waals surface area contributed by atoms with E-state index in [0.29, 0.717) is 6.10 Å². The van der Waals surface area contributed by atoms with Crippen molar-refractivity contribution in [3.05, 3.63) is 0 Å². The summed E-state index contributed by atoms with van der Waals surface area (Å²) >= 11 is 0. The average Bonchev–Trinajstić information content (AvgIpc) is 2.74. The molecule has 72 valence electrons. The summed E-state index contributed by atoms with van der Waals surface area (Å²) < 4.78 is 5.71. The zero-order valence-electron chi connectivity index (χ0n) is 8.81. The Bertz CT molecular complexity index is 268. The molecule has 1 aliphatic heterocycles. The fourth-order valence-electron chi connectivity index (χ4n) is 1.91. The van der Waals surface area contributed by atoms with Gasteiger partial charge in [0.05, 0.1) is 6.10 Å². The smallest absolute Gasteiger partial charge is 0.154 e. The molecule has 2 unspecified atom stereocenters. The molecule has 1 nitrogen and oxygen atoms in total. The Kier molecular flexibility index (Phi) is 2.05. The van der Waals surface area contributed by atoms with E-state index < -0.39 is 8.07 Å². The molecule has 0 radical (unpaired) electrons. The van der Waals surface area contributed by atoms with Crippen LogP contribution < -0.4 is 0 Å². The monoisotopic (exact) mass is 194 g/mol. The lowest BCUT2D eigenvalue weighted by Gasteiger charge is -2.12. The second-order valence-electron chi connectivity index (χ2n) is 5.24. The summed E-state index contributed by atoms with van der Waals surface area (Å²) in [5, 5.41) is 0. The van der Waals surface area contributed by atoms with Crippen LogP contribution in [-0.2, 0) is 4.74 Å². The summed E-state index contributed by atoms with van der Waals surface area (Å²) in [5.41, 5.74) is 3.46. The first-order valence-electron chi connectivity index (χ1n) is 5.24. The molecule has 0 aromatic heterocycles. The minimum absolute atomic E-state index is 0.0263. The Morgan fingerprint density at radius 2 is 2.08 bits per heavy atom. The van der Waals surface area contributed by atoms with Gasteiger partial charge in [-0.15, -0.1) is 5.54 Å². The molecule has 0 N–H and O–H groups in total. The van der Waals surface area contributed by atoms with Gasteiger partial charge in [0, 0.05) is 0 Å². The van der Waals surface area contributed by atoms with Crippen LogP contribution in [0.15, 0.2) is 0 Å². The van der Waals surface area contributed by atoms with Gasteiger partial charge in [-0.05, 0) is 19.3 Å². The zero-order valence-corrected chi connectivity index (χ0v) is 9.81. The Balaban J connectivity index is 2.05. The molecule has 13 heavy (non-hydrogen) atoms. The van der Waals surface area contributed by atoms with Gasteiger partial charge < -0.3 is 4.74 Å². The minimum Gasteiger partial charge on any atom is -0.352 e. The Morgan fingerprint density at radius 1 is 1.31 bits per heavy atom. The van der Waals surface area contributed by atoms with Crippen molar-refractivity contribution in [2.24, 2.45) is 0 Å². The molecule has 0 bridgehead atoms. The third kappa shape index (κ3) is 1.97. The third-order valence-corrected chi connectivity index (χ3v) is 3.60. The molecule has 0 spiro atoms. The van der Waals surface area contributed by atoms with Crippen LogP contribution in [0, 0.1) is 11.5 Å². The van der Waals surface area contributed by atoms with E-state index in [0.717, 1.165) is 0 Å². The molecule has 0 aromatic rings. The second kappa shape index (κ2) is 2.86. The summed E-state index contributed by atoms with van der Waals surface area (Å²) in [4.78, 5) is 0. The number of rotatable bonds is 0. The van der Waals surface area contributed by atoms with E-state index in [-0.39, 0.29) is 5.60 Å². The lowest BCUT2D eigenvalue weighted by Crippen LogP contribution is -2.21. The quantitative estimate of drug-likeness (QED) is 0.328. The van der Waals surface area contributed by atoms with Crippen molar-refractivity contribution < 1.29 is 4.74 Å². The van der Waals surface area contributed by atoms with E-state index in [1.165, 1.54) is 25.7 Å². The van der Waals surface area contributed by atoms with Gasteiger partial charge in [-0.3, -0.25) is 0 Å². The van der Waals surface area contributed by atoms with E-state index in [2.05, 4.69) is 31.1 Å². The highest BCUT2D eigenvalue weighted by molar-refractivity contribution is 6.83. The predicted molar refractivity (Wildman–Crippen MR) is 57.2 cm³/mol. The van der Waals surface area contributed by atoms with Crippen molar-refractivity contribution in [1.82, 2.24) is 0 Å². The summed E-state index contributed by atoms with van der Waals surface area (Å²) in [6, 6.07) is 0. The molecular formula is C11H18OSi. The van der Waals surface area contributed by atoms with Crippen molar-refractivity contribution in [2.75, 3.05) is 0 Å². The largest absolute Gasteiger partial charge is 0.352 e. The molecule has 2 aliphatic rings. The van der Waals surface area contributed by atoms with E-state index >= 15 is 0 Å². The number of fused-ring (bicyclic) bond motifs is 1. The van der Waals surface area contributed by atoms with Gasteiger partial charge in [0.1, 0.15) is 8.07 Å². The molecule has 0 aromatic carbocycles. The normalized spacial score (nSPS) is 37.3. The highest BCUT2D eigenvalue weighted by atomic mass is 28.3. The zero-order chi connectivity index (χ0) is 9.53. The molecule has 1 aliphatic carbocycles. The van der Waals surface area contributed by atoms with Gasteiger partial charge in [0.15, 0.2) is 5.60 Å². The van der Waals surface area contributed by atoms with Crippen molar-refractivity contribution in [1.29, 1.82) is 0 Å². The first-order valence-corrected chi connectivity index (χ1v) is 8.74. The molecule has 2 rings (SSSR count). The predicted octanol–water partition coefficient (Wildman–Crippen LogP) is 2.58. The number of hydrogen-bond acceptors (Lipinski definition) is 1. The summed E-state index contributed by atoms with van der Waals surface area (Å²) in [5.74, 6) is 3.40. The van der Waals surface area contributed by atoms with Crippen molar-refractivity contribution >= 4 is 8.07 Å². The maximum absolute atomic E-state index is 5.71. The van der Waals surface area contributed by atoms with Gasteiger partial charge in [-0.1, -0.05) is 32.0 Å². The fraction of sp³-hybridized carbons (Fsp3) is 0.818. The summed E-state index contributed by atoms with van der Waals surface area (Å²) in [6.07, 6.45) is 5.54. The van der Waals surface area contributed by atoms with Crippen LogP contribution in [0.1, 0.15) is 25.7 Å². The Labute approximate surface area is 81.9 Å². The van der Waals surface area contributed by atoms with Crippen LogP contribution in [0.5, 0.6) is 0 Å². The first-order chi connectivity index (χ1) is 6.02. The van der Waals surface area contributed by atoms with Crippen LogP contribution >= 0.6 is 0 Å². The van der Waals surface area contributed by atoms with Crippen LogP contribution in [0.4, 0.5) is 0 Å². The summed E-state index contributed by atoms with van der Waals surface area (Å²) in [7, 11) is -1.20. The molecule has 1 heterocycles. The molecular weight excluding hydrogens is 176 g/mol. The van der Waals surface area contributed by atoms with E-state index in [9.17, 15) is 0 Å². The maximum Gasteiger partial charge on any atom is 0.154 e. The van der Waals surface area contributed by atoms with E-state index in [1.54, 1.807) is 0 Å². The minimum atomic E-state index is -1.20. The highest BCUT2D eigenvalue weighted by Gasteiger charge is 2.56. The first kappa shape index (κ1) is 9.30. The SMILES string of the molecule is C[Si](C)(C)C#CC12CCCCC1O2. The Hall–Kier alpha value is -0.263. The molecule has 0 amide bonds. The summed E-state index contributed by atoms with van der Waals surface area (Å²) in [6.45, 7) is 6.87. The van der Waals surface area contributed by atoms with Crippen LogP contribution in [0.25, 0.3) is 0 Å². The lowest BCUT2D eigenvalue weighted by atomic mass is 9.90. The lowest BCUT2D eigenvalue weighted by molar-refractivity contribution is 0.336. The number of ether oxygens (including phenoxy) is 1. The van der Waals surface area contributed by atoms with Crippen molar-refractivity contribution in [3.63, 3.8) is 0 Å². The van der Waals surface area contributed by atoms with E-state index in [4.69, 9.17) is 4.74 Å². The van der Waals surface area contributed by atoms with Crippen LogP contribution in [0.3, 0.4) is 0 Å². The van der Waals surface area contributed by atoms with Crippen molar-refractivity contribution in [3.8, 4) is 11.5 Å². The van der Waals surface area contributed by atoms with Crippen LogP contribution in [-0.4, -0.2) is 19.8 Å². The van der Waals surface area contributed by atoms with Crippen molar-refractivity contribution in [2.45, 2.75) is 57.0 Å². The molecule has 2 atom stereocenters. The number of epoxide rings is 1. The fourth-order valence-corrected chi connectivity index (χ4v) is 2.50.